The van der Waals surface area contributed by atoms with Crippen molar-refractivity contribution in [2.45, 2.75) is 6.92 Å². The molecule has 2 rings (SSSR count). The number of rotatable bonds is 3. The van der Waals surface area contributed by atoms with Crippen LogP contribution in [0.25, 0.3) is 0 Å². The van der Waals surface area contributed by atoms with Crippen molar-refractivity contribution in [3.8, 4) is 0 Å². The van der Waals surface area contributed by atoms with Gasteiger partial charge in [0.2, 0.25) is 11.1 Å². The number of nitro groups is 1. The summed E-state index contributed by atoms with van der Waals surface area (Å²) in [7, 11) is 0. The highest BCUT2D eigenvalue weighted by molar-refractivity contribution is 6.30. The fraction of sp³-hybridized carbons (Fsp3) is 0.0909. The molecule has 20 heavy (non-hydrogen) atoms. The maximum absolute atomic E-state index is 13.6. The molecular weight excluding hydrogens is 310 g/mol. The molecule has 0 fully saturated rings. The van der Waals surface area contributed by atoms with Gasteiger partial charge < -0.3 is 5.32 Å². The second-order valence-corrected chi connectivity index (χ2v) is 4.56. The molecule has 1 aromatic heterocycles. The lowest BCUT2D eigenvalue weighted by atomic mass is 10.3. The van der Waals surface area contributed by atoms with Crippen molar-refractivity contribution in [3.63, 3.8) is 0 Å². The molecule has 0 unspecified atom stereocenters. The minimum atomic E-state index is -0.670. The van der Waals surface area contributed by atoms with E-state index in [-0.39, 0.29) is 33.2 Å². The van der Waals surface area contributed by atoms with Crippen LogP contribution >= 0.6 is 23.2 Å². The molecule has 6 nitrogen and oxygen atoms in total. The molecule has 104 valence electrons. The molecular formula is C11H7Cl2FN4O2. The smallest absolute Gasteiger partial charge is 0.332 e. The van der Waals surface area contributed by atoms with Gasteiger partial charge in [-0.15, -0.1) is 0 Å². The molecule has 0 aliphatic carbocycles. The third kappa shape index (κ3) is 2.94. The third-order valence-electron chi connectivity index (χ3n) is 2.40. The van der Waals surface area contributed by atoms with Crippen LogP contribution in [0.2, 0.25) is 10.3 Å². The average molecular weight is 317 g/mol. The van der Waals surface area contributed by atoms with E-state index >= 15 is 0 Å². The van der Waals surface area contributed by atoms with Gasteiger partial charge in [-0.1, -0.05) is 11.6 Å². The van der Waals surface area contributed by atoms with Gasteiger partial charge in [0.05, 0.1) is 10.6 Å². The number of halogens is 3. The Balaban J connectivity index is 2.53. The Morgan fingerprint density at radius 2 is 2.05 bits per heavy atom. The molecule has 0 aliphatic rings. The van der Waals surface area contributed by atoms with E-state index in [9.17, 15) is 14.5 Å². The summed E-state index contributed by atoms with van der Waals surface area (Å²) in [5.74, 6) is -0.829. The monoisotopic (exact) mass is 316 g/mol. The number of aryl methyl sites for hydroxylation is 1. The summed E-state index contributed by atoms with van der Waals surface area (Å²) in [6.45, 7) is 1.41. The van der Waals surface area contributed by atoms with Gasteiger partial charge in [-0.2, -0.15) is 4.98 Å². The predicted octanol–water partition coefficient (Wildman–Crippen LogP) is 3.88. The van der Waals surface area contributed by atoms with Crippen molar-refractivity contribution >= 4 is 40.4 Å². The lowest BCUT2D eigenvalue weighted by molar-refractivity contribution is -0.385. The van der Waals surface area contributed by atoms with E-state index in [1.165, 1.54) is 19.1 Å². The largest absolute Gasteiger partial charge is 0.332 e. The SMILES string of the molecule is Cc1nc(Cl)nc(Nc2cc(Cl)ccc2F)c1[N+](=O)[O-]. The zero-order valence-corrected chi connectivity index (χ0v) is 11.5. The molecule has 2 aromatic rings. The number of nitrogens with zero attached hydrogens (tertiary/aromatic N) is 3. The Morgan fingerprint density at radius 1 is 1.35 bits per heavy atom. The van der Waals surface area contributed by atoms with E-state index in [0.717, 1.165) is 6.07 Å². The highest BCUT2D eigenvalue weighted by Crippen LogP contribution is 2.31. The first-order chi connectivity index (χ1) is 9.38. The highest BCUT2D eigenvalue weighted by atomic mass is 35.5. The van der Waals surface area contributed by atoms with Gasteiger partial charge in [0.25, 0.3) is 0 Å². The van der Waals surface area contributed by atoms with Crippen LogP contribution in [0.4, 0.5) is 21.6 Å². The number of hydrogen-bond acceptors (Lipinski definition) is 5. The van der Waals surface area contributed by atoms with E-state index in [1.807, 2.05) is 0 Å². The number of nitrogens with one attached hydrogen (secondary N) is 1. The molecule has 1 N–H and O–H groups in total. The molecule has 0 saturated heterocycles. The van der Waals surface area contributed by atoms with Crippen LogP contribution in [0.1, 0.15) is 5.69 Å². The van der Waals surface area contributed by atoms with Crippen LogP contribution < -0.4 is 5.32 Å². The first kappa shape index (κ1) is 14.4. The highest BCUT2D eigenvalue weighted by Gasteiger charge is 2.22. The topological polar surface area (TPSA) is 81.0 Å². The Morgan fingerprint density at radius 3 is 2.70 bits per heavy atom. The van der Waals surface area contributed by atoms with E-state index in [4.69, 9.17) is 23.2 Å². The summed E-state index contributed by atoms with van der Waals surface area (Å²) in [6.07, 6.45) is 0. The first-order valence-corrected chi connectivity index (χ1v) is 6.04. The van der Waals surface area contributed by atoms with E-state index < -0.39 is 10.7 Å². The molecule has 0 amide bonds. The van der Waals surface area contributed by atoms with Crippen LogP contribution in [0.5, 0.6) is 0 Å². The average Bonchev–Trinajstić information content (AvgIpc) is 2.32. The second-order valence-electron chi connectivity index (χ2n) is 3.78. The van der Waals surface area contributed by atoms with Crippen molar-refractivity contribution in [1.29, 1.82) is 0 Å². The number of anilines is 2. The minimum absolute atomic E-state index is 0.0465. The van der Waals surface area contributed by atoms with Crippen LogP contribution in [0, 0.1) is 22.9 Å². The summed E-state index contributed by atoms with van der Waals surface area (Å²) < 4.78 is 13.6. The standard InChI is InChI=1S/C11H7Cl2FN4O2/c1-5-9(18(19)20)10(17-11(13)15-5)16-8-4-6(12)2-3-7(8)14/h2-4H,1H3,(H,15,16,17). The van der Waals surface area contributed by atoms with Crippen LogP contribution in [0.3, 0.4) is 0 Å². The maximum Gasteiger partial charge on any atom is 0.332 e. The van der Waals surface area contributed by atoms with Crippen LogP contribution in [0.15, 0.2) is 18.2 Å². The van der Waals surface area contributed by atoms with E-state index in [1.54, 1.807) is 0 Å². The number of hydrogen-bond donors (Lipinski definition) is 1. The normalized spacial score (nSPS) is 10.4. The van der Waals surface area contributed by atoms with Gasteiger partial charge in [-0.25, -0.2) is 9.37 Å². The lowest BCUT2D eigenvalue weighted by Gasteiger charge is -2.09. The van der Waals surface area contributed by atoms with Crippen molar-refractivity contribution in [2.75, 3.05) is 5.32 Å². The van der Waals surface area contributed by atoms with Crippen molar-refractivity contribution in [3.05, 3.63) is 50.1 Å². The lowest BCUT2D eigenvalue weighted by Crippen LogP contribution is -2.05. The molecule has 0 saturated carbocycles. The predicted molar refractivity (Wildman–Crippen MR) is 73.1 cm³/mol. The summed E-state index contributed by atoms with van der Waals surface area (Å²) in [5, 5.41) is 13.6. The second kappa shape index (κ2) is 5.56. The van der Waals surface area contributed by atoms with Gasteiger partial charge in [-0.05, 0) is 36.7 Å². The molecule has 0 atom stereocenters. The van der Waals surface area contributed by atoms with Gasteiger partial charge >= 0.3 is 5.69 Å². The first-order valence-electron chi connectivity index (χ1n) is 5.29. The fourth-order valence-electron chi connectivity index (χ4n) is 1.56. The molecule has 0 bridgehead atoms. The Bertz CT molecular complexity index is 696. The Labute approximate surface area is 122 Å². The van der Waals surface area contributed by atoms with Gasteiger partial charge in [0.1, 0.15) is 11.5 Å². The summed E-state index contributed by atoms with van der Waals surface area (Å²) in [6, 6.07) is 3.77. The molecule has 0 spiro atoms. The van der Waals surface area contributed by atoms with Gasteiger partial charge in [0, 0.05) is 5.02 Å². The molecule has 0 aliphatic heterocycles. The molecule has 1 heterocycles. The summed E-state index contributed by atoms with van der Waals surface area (Å²) in [4.78, 5) is 17.8. The number of aromatic nitrogens is 2. The maximum atomic E-state index is 13.6. The van der Waals surface area contributed by atoms with Crippen LogP contribution in [-0.4, -0.2) is 14.9 Å². The zero-order chi connectivity index (χ0) is 14.9. The molecule has 9 heteroatoms. The quantitative estimate of drug-likeness (QED) is 0.528. The minimum Gasteiger partial charge on any atom is -0.332 e. The van der Waals surface area contributed by atoms with Crippen molar-refractivity contribution in [1.82, 2.24) is 9.97 Å². The van der Waals surface area contributed by atoms with Gasteiger partial charge in [0.15, 0.2) is 0 Å². The van der Waals surface area contributed by atoms with Crippen LogP contribution in [-0.2, 0) is 0 Å². The van der Waals surface area contributed by atoms with Crippen molar-refractivity contribution in [2.24, 2.45) is 0 Å². The summed E-state index contributed by atoms with van der Waals surface area (Å²) >= 11 is 11.4. The summed E-state index contributed by atoms with van der Waals surface area (Å²) in [5.41, 5.74) is -0.358. The van der Waals surface area contributed by atoms with E-state index in [2.05, 4.69) is 15.3 Å². The fourth-order valence-corrected chi connectivity index (χ4v) is 1.94. The number of benzene rings is 1. The third-order valence-corrected chi connectivity index (χ3v) is 2.80. The Hall–Kier alpha value is -1.99. The van der Waals surface area contributed by atoms with E-state index in [0.29, 0.717) is 0 Å². The van der Waals surface area contributed by atoms with Gasteiger partial charge in [-0.3, -0.25) is 10.1 Å². The zero-order valence-electron chi connectivity index (χ0n) is 10.0. The molecule has 0 radical (unpaired) electrons. The van der Waals surface area contributed by atoms with Crippen molar-refractivity contribution < 1.29 is 9.31 Å². The Kier molecular flexibility index (Phi) is 4.01. The molecule has 1 aromatic carbocycles.